The molecule has 0 amide bonds. The molecule has 0 saturated heterocycles. The molecule has 7 heteroatoms. The number of rotatable bonds is 5. The van der Waals surface area contributed by atoms with E-state index in [9.17, 15) is 4.39 Å². The largest absolute Gasteiger partial charge is 0.493 e. The smallest absolute Gasteiger partial charge is 0.231 e. The Morgan fingerprint density at radius 1 is 1.23 bits per heavy atom. The van der Waals surface area contributed by atoms with Crippen molar-refractivity contribution in [3.05, 3.63) is 65.2 Å². The van der Waals surface area contributed by atoms with Gasteiger partial charge in [-0.3, -0.25) is 0 Å². The molecule has 1 aliphatic heterocycles. The summed E-state index contributed by atoms with van der Waals surface area (Å²) in [4.78, 5) is 0. The highest BCUT2D eigenvalue weighted by Gasteiger charge is 2.35. The van der Waals surface area contributed by atoms with Crippen LogP contribution in [0.25, 0.3) is 5.69 Å². The molecular weight excluding hydrogens is 397 g/mol. The van der Waals surface area contributed by atoms with Gasteiger partial charge in [0.2, 0.25) is 12.5 Å². The van der Waals surface area contributed by atoms with Crippen LogP contribution in [0.3, 0.4) is 0 Å². The lowest BCUT2D eigenvalue weighted by molar-refractivity contribution is 0.171. The number of hydrogen-bond donors (Lipinski definition) is 1. The first-order valence-electron chi connectivity index (χ1n) is 10.5. The Kier molecular flexibility index (Phi) is 4.85. The molecule has 0 saturated carbocycles. The Labute approximate surface area is 180 Å². The van der Waals surface area contributed by atoms with E-state index >= 15 is 0 Å². The van der Waals surface area contributed by atoms with E-state index in [1.54, 1.807) is 19.2 Å². The van der Waals surface area contributed by atoms with Crippen LogP contribution in [0.5, 0.6) is 17.2 Å². The van der Waals surface area contributed by atoms with Crippen LogP contribution in [0.15, 0.2) is 42.6 Å². The molecule has 162 valence electrons. The van der Waals surface area contributed by atoms with Crippen molar-refractivity contribution in [2.24, 2.45) is 5.41 Å². The van der Waals surface area contributed by atoms with Crippen molar-refractivity contribution >= 4 is 0 Å². The third-order valence-corrected chi connectivity index (χ3v) is 6.02. The lowest BCUT2D eigenvalue weighted by Gasteiger charge is -2.36. The van der Waals surface area contributed by atoms with Gasteiger partial charge < -0.3 is 19.5 Å². The molecule has 5 rings (SSSR count). The molecule has 0 radical (unpaired) electrons. The van der Waals surface area contributed by atoms with E-state index in [1.165, 1.54) is 23.4 Å². The van der Waals surface area contributed by atoms with Gasteiger partial charge in [0.15, 0.2) is 11.5 Å². The second-order valence-electron chi connectivity index (χ2n) is 8.95. The Balaban J connectivity index is 1.42. The van der Waals surface area contributed by atoms with Gasteiger partial charge in [0.1, 0.15) is 5.82 Å². The summed E-state index contributed by atoms with van der Waals surface area (Å²) >= 11 is 0. The minimum Gasteiger partial charge on any atom is -0.493 e. The monoisotopic (exact) mass is 423 g/mol. The first kappa shape index (κ1) is 19.9. The number of nitrogens with one attached hydrogen (secondary N) is 1. The fourth-order valence-corrected chi connectivity index (χ4v) is 4.56. The summed E-state index contributed by atoms with van der Waals surface area (Å²) in [6, 6.07) is 10.6. The van der Waals surface area contributed by atoms with Gasteiger partial charge in [0.25, 0.3) is 0 Å². The zero-order chi connectivity index (χ0) is 21.6. The maximum Gasteiger partial charge on any atom is 0.231 e. The molecule has 1 N–H and O–H groups in total. The molecule has 2 aromatic carbocycles. The van der Waals surface area contributed by atoms with Gasteiger partial charge >= 0.3 is 0 Å². The van der Waals surface area contributed by atoms with Crippen LogP contribution in [0.1, 0.15) is 43.1 Å². The van der Waals surface area contributed by atoms with Gasteiger partial charge in [-0.25, -0.2) is 9.07 Å². The van der Waals surface area contributed by atoms with E-state index in [1.807, 2.05) is 23.0 Å². The van der Waals surface area contributed by atoms with Crippen LogP contribution in [-0.2, 0) is 13.0 Å². The molecule has 31 heavy (non-hydrogen) atoms. The second-order valence-corrected chi connectivity index (χ2v) is 8.95. The fraction of sp³-hybridized carbons (Fsp3) is 0.375. The maximum atomic E-state index is 13.4. The van der Waals surface area contributed by atoms with E-state index in [0.29, 0.717) is 23.8 Å². The summed E-state index contributed by atoms with van der Waals surface area (Å²) in [7, 11) is 1.63. The highest BCUT2D eigenvalue weighted by Crippen LogP contribution is 2.43. The number of methoxy groups -OCH3 is 1. The predicted molar refractivity (Wildman–Crippen MR) is 114 cm³/mol. The van der Waals surface area contributed by atoms with Crippen molar-refractivity contribution in [3.8, 4) is 22.9 Å². The van der Waals surface area contributed by atoms with Gasteiger partial charge in [-0.1, -0.05) is 13.8 Å². The second kappa shape index (κ2) is 7.57. The van der Waals surface area contributed by atoms with Crippen LogP contribution in [-0.4, -0.2) is 23.7 Å². The quantitative estimate of drug-likeness (QED) is 0.652. The zero-order valence-corrected chi connectivity index (χ0v) is 17.9. The van der Waals surface area contributed by atoms with Gasteiger partial charge in [0, 0.05) is 23.8 Å². The normalized spacial score (nSPS) is 18.6. The minimum absolute atomic E-state index is 0.106. The molecule has 1 aliphatic carbocycles. The lowest BCUT2D eigenvalue weighted by atomic mass is 9.74. The van der Waals surface area contributed by atoms with Crippen molar-refractivity contribution in [1.29, 1.82) is 0 Å². The number of hydrogen-bond acceptors (Lipinski definition) is 5. The van der Waals surface area contributed by atoms with E-state index in [0.717, 1.165) is 24.1 Å². The van der Waals surface area contributed by atoms with Crippen molar-refractivity contribution in [2.45, 2.75) is 39.3 Å². The first-order chi connectivity index (χ1) is 14.9. The molecule has 1 atom stereocenters. The highest BCUT2D eigenvalue weighted by molar-refractivity contribution is 5.55. The van der Waals surface area contributed by atoms with Crippen molar-refractivity contribution < 1.29 is 18.6 Å². The lowest BCUT2D eigenvalue weighted by Crippen LogP contribution is -2.33. The van der Waals surface area contributed by atoms with E-state index in [-0.39, 0.29) is 24.1 Å². The summed E-state index contributed by atoms with van der Waals surface area (Å²) in [6.07, 6.45) is 3.85. The highest BCUT2D eigenvalue weighted by atomic mass is 19.1. The van der Waals surface area contributed by atoms with E-state index in [2.05, 4.69) is 24.3 Å². The summed E-state index contributed by atoms with van der Waals surface area (Å²) in [5.41, 5.74) is 4.41. The minimum atomic E-state index is -0.246. The zero-order valence-electron chi connectivity index (χ0n) is 17.9. The Bertz CT molecular complexity index is 1110. The Morgan fingerprint density at radius 3 is 2.81 bits per heavy atom. The maximum absolute atomic E-state index is 13.4. The standard InChI is InChI=1S/C24H26FN3O3/c1-24(2)10-19(26-12-15-8-21(29-3)23-22(9-15)30-14-31-23)18-13-27-28(20(18)11-24)17-6-4-16(25)5-7-17/h4-9,13,19,26H,10-12,14H2,1-3H3. The Morgan fingerprint density at radius 2 is 2.03 bits per heavy atom. The third kappa shape index (κ3) is 3.74. The Hall–Kier alpha value is -3.06. The first-order valence-corrected chi connectivity index (χ1v) is 10.5. The average Bonchev–Trinajstić information content (AvgIpc) is 3.38. The molecule has 0 spiro atoms. The van der Waals surface area contributed by atoms with Crippen molar-refractivity contribution in [3.63, 3.8) is 0 Å². The molecule has 0 fully saturated rings. The fourth-order valence-electron chi connectivity index (χ4n) is 4.56. The van der Waals surface area contributed by atoms with Gasteiger partial charge in [-0.2, -0.15) is 5.10 Å². The molecule has 2 heterocycles. The van der Waals surface area contributed by atoms with Crippen LogP contribution in [0, 0.1) is 11.2 Å². The van der Waals surface area contributed by atoms with E-state index in [4.69, 9.17) is 14.2 Å². The summed E-state index contributed by atoms with van der Waals surface area (Å²) < 4.78 is 31.8. The molecular formula is C24H26FN3O3. The summed E-state index contributed by atoms with van der Waals surface area (Å²) in [5.74, 6) is 1.81. The predicted octanol–water partition coefficient (Wildman–Crippen LogP) is 4.55. The molecule has 2 aliphatic rings. The SMILES string of the molecule is COc1cc(CNC2CC(C)(C)Cc3c2cnn3-c2ccc(F)cc2)cc2c1OCO2. The van der Waals surface area contributed by atoms with Gasteiger partial charge in [0.05, 0.1) is 19.0 Å². The van der Waals surface area contributed by atoms with Crippen LogP contribution in [0.4, 0.5) is 4.39 Å². The number of benzene rings is 2. The summed E-state index contributed by atoms with van der Waals surface area (Å²) in [6.45, 7) is 5.42. The summed E-state index contributed by atoms with van der Waals surface area (Å²) in [5, 5.41) is 8.34. The van der Waals surface area contributed by atoms with Crippen LogP contribution in [0.2, 0.25) is 0 Å². The van der Waals surface area contributed by atoms with Crippen LogP contribution < -0.4 is 19.5 Å². The van der Waals surface area contributed by atoms with Crippen molar-refractivity contribution in [1.82, 2.24) is 15.1 Å². The molecule has 3 aromatic rings. The number of ether oxygens (including phenoxy) is 3. The van der Waals surface area contributed by atoms with E-state index < -0.39 is 0 Å². The topological polar surface area (TPSA) is 57.5 Å². The van der Waals surface area contributed by atoms with Gasteiger partial charge in [-0.15, -0.1) is 0 Å². The number of nitrogens with zero attached hydrogens (tertiary/aromatic N) is 2. The number of halogens is 1. The molecule has 6 nitrogen and oxygen atoms in total. The van der Waals surface area contributed by atoms with Gasteiger partial charge in [-0.05, 0) is 60.2 Å². The molecule has 1 unspecified atom stereocenters. The molecule has 0 bridgehead atoms. The van der Waals surface area contributed by atoms with Crippen molar-refractivity contribution in [2.75, 3.05) is 13.9 Å². The van der Waals surface area contributed by atoms with Crippen LogP contribution >= 0.6 is 0 Å². The molecule has 1 aromatic heterocycles. The average molecular weight is 423 g/mol. The third-order valence-electron chi connectivity index (χ3n) is 6.02. The number of aromatic nitrogens is 2. The number of fused-ring (bicyclic) bond motifs is 2.